The standard InChI is InChI=1S/C13H18N2O3/c1-8(9(2)14)12(16)15-11(13(17)18)10-6-4-3-5-7-10/h3-9,11H,14H2,1-2H3,(H,15,16)(H,17,18)/t8?,9?,11-/m0/s1. The summed E-state index contributed by atoms with van der Waals surface area (Å²) in [5.74, 6) is -1.89. The fourth-order valence-electron chi connectivity index (χ4n) is 1.45. The maximum Gasteiger partial charge on any atom is 0.330 e. The summed E-state index contributed by atoms with van der Waals surface area (Å²) >= 11 is 0. The molecule has 0 aliphatic heterocycles. The van der Waals surface area contributed by atoms with E-state index in [1.54, 1.807) is 44.2 Å². The quantitative estimate of drug-likeness (QED) is 0.724. The fraction of sp³-hybridized carbons (Fsp3) is 0.385. The minimum absolute atomic E-state index is 0.324. The van der Waals surface area contributed by atoms with Gasteiger partial charge >= 0.3 is 5.97 Å². The first-order valence-electron chi connectivity index (χ1n) is 5.77. The summed E-state index contributed by atoms with van der Waals surface area (Å²) in [5.41, 5.74) is 6.16. The number of carboxylic acids is 1. The second-order valence-electron chi connectivity index (χ2n) is 4.34. The van der Waals surface area contributed by atoms with Gasteiger partial charge in [0.05, 0.1) is 0 Å². The molecule has 1 amide bonds. The molecule has 0 saturated carbocycles. The van der Waals surface area contributed by atoms with Gasteiger partial charge in [-0.3, -0.25) is 4.79 Å². The van der Waals surface area contributed by atoms with Crippen molar-refractivity contribution in [2.24, 2.45) is 11.7 Å². The second-order valence-corrected chi connectivity index (χ2v) is 4.34. The first kappa shape index (κ1) is 14.2. The molecule has 1 rings (SSSR count). The van der Waals surface area contributed by atoms with Gasteiger partial charge in [-0.25, -0.2) is 4.79 Å². The van der Waals surface area contributed by atoms with Crippen LogP contribution in [-0.4, -0.2) is 23.0 Å². The third-order valence-electron chi connectivity index (χ3n) is 2.87. The van der Waals surface area contributed by atoms with E-state index in [4.69, 9.17) is 10.8 Å². The number of hydrogen-bond donors (Lipinski definition) is 3. The number of nitrogens with two attached hydrogens (primary N) is 1. The molecule has 1 aromatic rings. The highest BCUT2D eigenvalue weighted by Gasteiger charge is 2.25. The Balaban J connectivity index is 2.83. The molecule has 0 aliphatic carbocycles. The van der Waals surface area contributed by atoms with Gasteiger partial charge in [0, 0.05) is 12.0 Å². The van der Waals surface area contributed by atoms with Crippen molar-refractivity contribution in [1.29, 1.82) is 0 Å². The van der Waals surface area contributed by atoms with Crippen molar-refractivity contribution < 1.29 is 14.7 Å². The second kappa shape index (κ2) is 6.16. The molecule has 4 N–H and O–H groups in total. The van der Waals surface area contributed by atoms with Gasteiger partial charge < -0.3 is 16.2 Å². The Labute approximate surface area is 106 Å². The lowest BCUT2D eigenvalue weighted by atomic mass is 10.0. The number of carboxylic acid groups (broad SMARTS) is 1. The van der Waals surface area contributed by atoms with Crippen molar-refractivity contribution in [1.82, 2.24) is 5.32 Å². The molecule has 3 atom stereocenters. The zero-order valence-electron chi connectivity index (χ0n) is 10.5. The first-order chi connectivity index (χ1) is 8.43. The molecule has 98 valence electrons. The van der Waals surface area contributed by atoms with Crippen LogP contribution >= 0.6 is 0 Å². The van der Waals surface area contributed by atoms with Crippen molar-refractivity contribution in [3.8, 4) is 0 Å². The summed E-state index contributed by atoms with van der Waals surface area (Å²) in [5, 5.41) is 11.6. The molecule has 0 fully saturated rings. The van der Waals surface area contributed by atoms with Crippen LogP contribution in [0.25, 0.3) is 0 Å². The van der Waals surface area contributed by atoms with Gasteiger partial charge in [0.1, 0.15) is 0 Å². The number of hydrogen-bond acceptors (Lipinski definition) is 3. The zero-order valence-corrected chi connectivity index (χ0v) is 10.5. The molecule has 0 spiro atoms. The van der Waals surface area contributed by atoms with E-state index < -0.39 is 17.9 Å². The summed E-state index contributed by atoms with van der Waals surface area (Å²) in [6, 6.07) is 7.20. The van der Waals surface area contributed by atoms with Gasteiger partial charge in [0.15, 0.2) is 6.04 Å². The summed E-state index contributed by atoms with van der Waals surface area (Å²) in [4.78, 5) is 23.0. The molecule has 0 saturated heterocycles. The maximum atomic E-state index is 11.8. The molecular formula is C13H18N2O3. The van der Waals surface area contributed by atoms with Crippen LogP contribution in [-0.2, 0) is 9.59 Å². The van der Waals surface area contributed by atoms with Gasteiger partial charge in [-0.05, 0) is 12.5 Å². The number of benzene rings is 1. The normalized spacial score (nSPS) is 15.5. The number of aliphatic carboxylic acids is 1. The molecule has 18 heavy (non-hydrogen) atoms. The summed E-state index contributed by atoms with van der Waals surface area (Å²) in [6.45, 7) is 3.38. The van der Waals surface area contributed by atoms with Crippen LogP contribution < -0.4 is 11.1 Å². The predicted molar refractivity (Wildman–Crippen MR) is 67.8 cm³/mol. The molecule has 0 aliphatic rings. The topological polar surface area (TPSA) is 92.4 Å². The van der Waals surface area contributed by atoms with Crippen molar-refractivity contribution in [2.45, 2.75) is 25.9 Å². The molecule has 2 unspecified atom stereocenters. The van der Waals surface area contributed by atoms with Crippen molar-refractivity contribution in [3.63, 3.8) is 0 Å². The van der Waals surface area contributed by atoms with E-state index in [1.165, 1.54) is 0 Å². The van der Waals surface area contributed by atoms with Crippen LogP contribution in [0.15, 0.2) is 30.3 Å². The van der Waals surface area contributed by atoms with Crippen molar-refractivity contribution >= 4 is 11.9 Å². The number of carbonyl (C=O) groups excluding carboxylic acids is 1. The molecule has 5 heteroatoms. The lowest BCUT2D eigenvalue weighted by Crippen LogP contribution is -2.42. The number of amides is 1. The highest BCUT2D eigenvalue weighted by atomic mass is 16.4. The average Bonchev–Trinajstić information content (AvgIpc) is 2.35. The van der Waals surface area contributed by atoms with E-state index in [1.807, 2.05) is 0 Å². The first-order valence-corrected chi connectivity index (χ1v) is 5.77. The molecule has 5 nitrogen and oxygen atoms in total. The minimum atomic E-state index is -1.09. The molecule has 0 heterocycles. The highest BCUT2D eigenvalue weighted by Crippen LogP contribution is 2.14. The lowest BCUT2D eigenvalue weighted by Gasteiger charge is -2.20. The van der Waals surface area contributed by atoms with Crippen LogP contribution in [0.4, 0.5) is 0 Å². The van der Waals surface area contributed by atoms with Gasteiger partial charge in [0.2, 0.25) is 5.91 Å². The summed E-state index contributed by atoms with van der Waals surface area (Å²) in [7, 11) is 0. The Hall–Kier alpha value is -1.88. The molecular weight excluding hydrogens is 232 g/mol. The van der Waals surface area contributed by atoms with Crippen LogP contribution in [0, 0.1) is 5.92 Å². The maximum absolute atomic E-state index is 11.8. The molecule has 1 aromatic carbocycles. The molecule has 0 radical (unpaired) electrons. The van der Waals surface area contributed by atoms with E-state index in [2.05, 4.69) is 5.32 Å². The Bertz CT molecular complexity index is 418. The largest absolute Gasteiger partial charge is 0.479 e. The zero-order chi connectivity index (χ0) is 13.7. The van der Waals surface area contributed by atoms with Gasteiger partial charge in [-0.15, -0.1) is 0 Å². The van der Waals surface area contributed by atoms with Crippen LogP contribution in [0.1, 0.15) is 25.5 Å². The fourth-order valence-corrected chi connectivity index (χ4v) is 1.45. The third-order valence-corrected chi connectivity index (χ3v) is 2.87. The van der Waals surface area contributed by atoms with E-state index >= 15 is 0 Å². The summed E-state index contributed by atoms with van der Waals surface area (Å²) in [6.07, 6.45) is 0. The van der Waals surface area contributed by atoms with Crippen LogP contribution in [0.3, 0.4) is 0 Å². The monoisotopic (exact) mass is 250 g/mol. The van der Waals surface area contributed by atoms with E-state index in [0.29, 0.717) is 5.56 Å². The number of rotatable bonds is 5. The number of carbonyl (C=O) groups is 2. The van der Waals surface area contributed by atoms with Gasteiger partial charge in [-0.2, -0.15) is 0 Å². The number of nitrogens with one attached hydrogen (secondary N) is 1. The Morgan fingerprint density at radius 1 is 1.22 bits per heavy atom. The SMILES string of the molecule is CC(N)C(C)C(=O)N[C@H](C(=O)O)c1ccccc1. The predicted octanol–water partition coefficient (Wildman–Crippen LogP) is 0.912. The van der Waals surface area contributed by atoms with Crippen molar-refractivity contribution in [3.05, 3.63) is 35.9 Å². The average molecular weight is 250 g/mol. The Kier molecular flexibility index (Phi) is 4.85. The lowest BCUT2D eigenvalue weighted by molar-refractivity contribution is -0.142. The van der Waals surface area contributed by atoms with E-state index in [9.17, 15) is 9.59 Å². The summed E-state index contributed by atoms with van der Waals surface area (Å²) < 4.78 is 0. The van der Waals surface area contributed by atoms with E-state index in [0.717, 1.165) is 0 Å². The minimum Gasteiger partial charge on any atom is -0.479 e. The van der Waals surface area contributed by atoms with Gasteiger partial charge in [-0.1, -0.05) is 37.3 Å². The van der Waals surface area contributed by atoms with Crippen LogP contribution in [0.2, 0.25) is 0 Å². The molecule has 0 aromatic heterocycles. The highest BCUT2D eigenvalue weighted by molar-refractivity contribution is 5.86. The van der Waals surface area contributed by atoms with Gasteiger partial charge in [0.25, 0.3) is 0 Å². The van der Waals surface area contributed by atoms with Crippen LogP contribution in [0.5, 0.6) is 0 Å². The third kappa shape index (κ3) is 3.56. The van der Waals surface area contributed by atoms with Crippen molar-refractivity contribution in [2.75, 3.05) is 0 Å². The molecule has 0 bridgehead atoms. The van der Waals surface area contributed by atoms with E-state index in [-0.39, 0.29) is 11.9 Å². The Morgan fingerprint density at radius 3 is 2.22 bits per heavy atom. The Morgan fingerprint density at radius 2 is 1.78 bits per heavy atom. The smallest absolute Gasteiger partial charge is 0.330 e.